The molecule has 0 saturated heterocycles. The van der Waals surface area contributed by atoms with Crippen molar-refractivity contribution in [3.8, 4) is 0 Å². The Morgan fingerprint density at radius 3 is 2.50 bits per heavy atom. The van der Waals surface area contributed by atoms with Gasteiger partial charge in [-0.25, -0.2) is 4.39 Å². The lowest BCUT2D eigenvalue weighted by Crippen LogP contribution is -2.00. The maximum atomic E-state index is 12.8. The zero-order chi connectivity index (χ0) is 13.4. The Labute approximate surface area is 113 Å². The maximum absolute atomic E-state index is 12.8. The summed E-state index contributed by atoms with van der Waals surface area (Å²) in [5, 5.41) is 0.214. The fourth-order valence-corrected chi connectivity index (χ4v) is 2.19. The minimum Gasteiger partial charge on any atom is -0.294 e. The molecule has 0 aliphatic carbocycles. The van der Waals surface area contributed by atoms with E-state index in [2.05, 4.69) is 6.92 Å². The van der Waals surface area contributed by atoms with Crippen molar-refractivity contribution in [3.05, 3.63) is 34.6 Å². The molecule has 0 fully saturated rings. The molecular weight excluding hydrogens is 251 g/mol. The van der Waals surface area contributed by atoms with E-state index in [1.165, 1.54) is 43.9 Å². The number of ketones is 1. The largest absolute Gasteiger partial charge is 0.294 e. The van der Waals surface area contributed by atoms with Crippen molar-refractivity contribution in [1.82, 2.24) is 0 Å². The fourth-order valence-electron chi connectivity index (χ4n) is 1.92. The van der Waals surface area contributed by atoms with E-state index in [1.54, 1.807) is 0 Å². The number of hydrogen-bond donors (Lipinski definition) is 0. The molecule has 0 aliphatic heterocycles. The highest BCUT2D eigenvalue weighted by atomic mass is 35.5. The lowest BCUT2D eigenvalue weighted by Gasteiger charge is -2.04. The number of benzene rings is 1. The summed E-state index contributed by atoms with van der Waals surface area (Å²) < 4.78 is 12.8. The number of unbranched alkanes of at least 4 members (excludes halogenated alkanes) is 5. The molecule has 100 valence electrons. The summed E-state index contributed by atoms with van der Waals surface area (Å²) in [4.78, 5) is 11.9. The average molecular weight is 271 g/mol. The van der Waals surface area contributed by atoms with Crippen LogP contribution in [0.4, 0.5) is 4.39 Å². The third-order valence-corrected chi connectivity index (χ3v) is 3.30. The Morgan fingerprint density at radius 1 is 1.17 bits per heavy atom. The molecule has 0 radical (unpaired) electrons. The molecule has 1 aromatic carbocycles. The quantitative estimate of drug-likeness (QED) is 0.456. The minimum absolute atomic E-state index is 0.00971. The highest BCUT2D eigenvalue weighted by Crippen LogP contribution is 2.20. The van der Waals surface area contributed by atoms with Gasteiger partial charge in [0.1, 0.15) is 5.82 Å². The van der Waals surface area contributed by atoms with E-state index in [0.717, 1.165) is 12.8 Å². The van der Waals surface area contributed by atoms with E-state index in [9.17, 15) is 9.18 Å². The first-order chi connectivity index (χ1) is 8.65. The summed E-state index contributed by atoms with van der Waals surface area (Å²) in [5.74, 6) is -0.397. The zero-order valence-electron chi connectivity index (χ0n) is 10.8. The normalized spacial score (nSPS) is 10.6. The Kier molecular flexibility index (Phi) is 6.96. The molecule has 1 aromatic rings. The van der Waals surface area contributed by atoms with Gasteiger partial charge in [-0.15, -0.1) is 0 Å². The Morgan fingerprint density at radius 2 is 1.83 bits per heavy atom. The van der Waals surface area contributed by atoms with Crippen LogP contribution in [-0.2, 0) is 0 Å². The van der Waals surface area contributed by atoms with Gasteiger partial charge in [-0.3, -0.25) is 4.79 Å². The number of carbonyl (C=O) groups excluding carboxylic acids is 1. The van der Waals surface area contributed by atoms with Gasteiger partial charge in [0, 0.05) is 12.0 Å². The van der Waals surface area contributed by atoms with Gasteiger partial charge in [-0.1, -0.05) is 50.6 Å². The summed E-state index contributed by atoms with van der Waals surface area (Å²) in [6.07, 6.45) is 7.36. The molecule has 0 bridgehead atoms. The second-order valence-corrected chi connectivity index (χ2v) is 4.97. The first-order valence-electron chi connectivity index (χ1n) is 6.63. The van der Waals surface area contributed by atoms with Crippen LogP contribution in [0, 0.1) is 5.82 Å². The average Bonchev–Trinajstić information content (AvgIpc) is 2.33. The molecule has 0 heterocycles. The SMILES string of the molecule is CCCCCCCCC(=O)c1ccc(F)cc1Cl. The molecule has 0 atom stereocenters. The summed E-state index contributed by atoms with van der Waals surface area (Å²) in [5.41, 5.74) is 0.437. The second-order valence-electron chi connectivity index (χ2n) is 4.57. The molecule has 0 unspecified atom stereocenters. The van der Waals surface area contributed by atoms with Crippen molar-refractivity contribution in [3.63, 3.8) is 0 Å². The number of rotatable bonds is 8. The highest BCUT2D eigenvalue weighted by Gasteiger charge is 2.10. The molecule has 0 aromatic heterocycles. The monoisotopic (exact) mass is 270 g/mol. The highest BCUT2D eigenvalue weighted by molar-refractivity contribution is 6.33. The second kappa shape index (κ2) is 8.25. The number of carbonyl (C=O) groups is 1. The van der Waals surface area contributed by atoms with Crippen molar-refractivity contribution in [2.45, 2.75) is 51.9 Å². The number of Topliss-reactive ketones (excluding diaryl/α,β-unsaturated/α-hetero) is 1. The third-order valence-electron chi connectivity index (χ3n) is 2.99. The fraction of sp³-hybridized carbons (Fsp3) is 0.533. The minimum atomic E-state index is -0.406. The molecule has 0 spiro atoms. The lowest BCUT2D eigenvalue weighted by atomic mass is 10.0. The Bertz CT molecular complexity index is 390. The van der Waals surface area contributed by atoms with Crippen LogP contribution >= 0.6 is 11.6 Å². The van der Waals surface area contributed by atoms with Crippen molar-refractivity contribution >= 4 is 17.4 Å². The lowest BCUT2D eigenvalue weighted by molar-refractivity contribution is 0.0979. The van der Waals surface area contributed by atoms with Gasteiger partial charge in [-0.05, 0) is 24.6 Å². The van der Waals surface area contributed by atoms with Crippen molar-refractivity contribution < 1.29 is 9.18 Å². The van der Waals surface area contributed by atoms with Crippen molar-refractivity contribution in [2.24, 2.45) is 0 Å². The van der Waals surface area contributed by atoms with Crippen LogP contribution in [0.25, 0.3) is 0 Å². The van der Waals surface area contributed by atoms with Crippen LogP contribution in [0.3, 0.4) is 0 Å². The van der Waals surface area contributed by atoms with Crippen LogP contribution in [0.2, 0.25) is 5.02 Å². The van der Waals surface area contributed by atoms with Gasteiger partial charge < -0.3 is 0 Å². The van der Waals surface area contributed by atoms with Crippen molar-refractivity contribution in [2.75, 3.05) is 0 Å². The molecule has 0 N–H and O–H groups in total. The molecule has 18 heavy (non-hydrogen) atoms. The Balaban J connectivity index is 2.32. The zero-order valence-corrected chi connectivity index (χ0v) is 11.6. The van der Waals surface area contributed by atoms with E-state index < -0.39 is 5.82 Å². The van der Waals surface area contributed by atoms with E-state index in [4.69, 9.17) is 11.6 Å². The van der Waals surface area contributed by atoms with Crippen LogP contribution in [0.15, 0.2) is 18.2 Å². The molecule has 3 heteroatoms. The third kappa shape index (κ3) is 5.18. The summed E-state index contributed by atoms with van der Waals surface area (Å²) in [6.45, 7) is 2.18. The first-order valence-corrected chi connectivity index (χ1v) is 7.01. The smallest absolute Gasteiger partial charge is 0.164 e. The number of halogens is 2. The van der Waals surface area contributed by atoms with Crippen LogP contribution in [-0.4, -0.2) is 5.78 Å². The molecule has 0 aliphatic rings. The molecule has 1 rings (SSSR count). The van der Waals surface area contributed by atoms with Gasteiger partial charge in [0.2, 0.25) is 0 Å². The predicted molar refractivity (Wildman–Crippen MR) is 73.7 cm³/mol. The summed E-state index contributed by atoms with van der Waals surface area (Å²) in [6, 6.07) is 3.94. The summed E-state index contributed by atoms with van der Waals surface area (Å²) in [7, 11) is 0. The molecule has 0 saturated carbocycles. The van der Waals surface area contributed by atoms with E-state index in [0.29, 0.717) is 12.0 Å². The molecule has 1 nitrogen and oxygen atoms in total. The van der Waals surface area contributed by atoms with Gasteiger partial charge >= 0.3 is 0 Å². The first kappa shape index (κ1) is 15.2. The van der Waals surface area contributed by atoms with E-state index in [1.807, 2.05) is 0 Å². The standard InChI is InChI=1S/C15H20ClFO/c1-2-3-4-5-6-7-8-15(18)13-10-9-12(17)11-14(13)16/h9-11H,2-8H2,1H3. The van der Waals surface area contributed by atoms with Crippen LogP contribution in [0.1, 0.15) is 62.2 Å². The predicted octanol–water partition coefficient (Wildman–Crippen LogP) is 5.41. The summed E-state index contributed by atoms with van der Waals surface area (Å²) >= 11 is 5.84. The van der Waals surface area contributed by atoms with Crippen molar-refractivity contribution in [1.29, 1.82) is 0 Å². The van der Waals surface area contributed by atoms with Gasteiger partial charge in [0.15, 0.2) is 5.78 Å². The maximum Gasteiger partial charge on any atom is 0.164 e. The van der Waals surface area contributed by atoms with E-state index >= 15 is 0 Å². The molecule has 0 amide bonds. The van der Waals surface area contributed by atoms with Gasteiger partial charge in [0.25, 0.3) is 0 Å². The van der Waals surface area contributed by atoms with Crippen LogP contribution < -0.4 is 0 Å². The topological polar surface area (TPSA) is 17.1 Å². The van der Waals surface area contributed by atoms with Gasteiger partial charge in [-0.2, -0.15) is 0 Å². The van der Waals surface area contributed by atoms with E-state index in [-0.39, 0.29) is 10.8 Å². The van der Waals surface area contributed by atoms with Crippen LogP contribution in [0.5, 0.6) is 0 Å². The Hall–Kier alpha value is -0.890. The molecular formula is C15H20ClFO. The number of hydrogen-bond acceptors (Lipinski definition) is 1. The van der Waals surface area contributed by atoms with Gasteiger partial charge in [0.05, 0.1) is 5.02 Å².